The second-order valence-electron chi connectivity index (χ2n) is 3.05. The Kier molecular flexibility index (Phi) is 3.82. The van der Waals surface area contributed by atoms with Gasteiger partial charge in [0.25, 0.3) is 0 Å². The maximum Gasteiger partial charge on any atom is 0.167 e. The molecule has 1 atom stereocenters. The molecule has 0 radical (unpaired) electrons. The van der Waals surface area contributed by atoms with Crippen LogP contribution in [0, 0.1) is 11.6 Å². The van der Waals surface area contributed by atoms with Crippen LogP contribution >= 0.6 is 15.9 Å². The van der Waals surface area contributed by atoms with Gasteiger partial charge in [0.15, 0.2) is 11.6 Å². The zero-order valence-electron chi connectivity index (χ0n) is 7.80. The van der Waals surface area contributed by atoms with E-state index in [1.54, 1.807) is 0 Å². The summed E-state index contributed by atoms with van der Waals surface area (Å²) < 4.78 is 26.4. The Morgan fingerprint density at radius 3 is 2.73 bits per heavy atom. The summed E-state index contributed by atoms with van der Waals surface area (Å²) in [6.45, 7) is 3.44. The van der Waals surface area contributed by atoms with Crippen LogP contribution in [-0.2, 0) is 0 Å². The zero-order valence-corrected chi connectivity index (χ0v) is 9.39. The van der Waals surface area contributed by atoms with Crippen LogP contribution in [0.15, 0.2) is 23.2 Å². The largest absolute Gasteiger partial charge is 0.506 e. The Balaban J connectivity index is 3.31. The van der Waals surface area contributed by atoms with Crippen molar-refractivity contribution in [2.24, 2.45) is 5.73 Å². The lowest BCUT2D eigenvalue weighted by Crippen LogP contribution is -2.12. The first-order valence-electron chi connectivity index (χ1n) is 4.21. The van der Waals surface area contributed by atoms with Crippen molar-refractivity contribution in [1.82, 2.24) is 0 Å². The summed E-state index contributed by atoms with van der Waals surface area (Å²) in [6.07, 6.45) is 1.72. The van der Waals surface area contributed by atoms with Gasteiger partial charge in [0.2, 0.25) is 0 Å². The molecule has 0 saturated heterocycles. The molecule has 0 unspecified atom stereocenters. The van der Waals surface area contributed by atoms with Gasteiger partial charge in [-0.15, -0.1) is 6.58 Å². The molecule has 0 spiro atoms. The number of rotatable bonds is 3. The minimum Gasteiger partial charge on any atom is -0.506 e. The van der Waals surface area contributed by atoms with Crippen molar-refractivity contribution in [2.75, 3.05) is 0 Å². The summed E-state index contributed by atoms with van der Waals surface area (Å²) in [5, 5.41) is 9.53. The van der Waals surface area contributed by atoms with Gasteiger partial charge in [-0.1, -0.05) is 6.08 Å². The lowest BCUT2D eigenvalue weighted by molar-refractivity contribution is 0.428. The van der Waals surface area contributed by atoms with Crippen molar-refractivity contribution in [1.29, 1.82) is 0 Å². The van der Waals surface area contributed by atoms with E-state index in [4.69, 9.17) is 5.73 Å². The molecule has 0 fully saturated rings. The Labute approximate surface area is 94.5 Å². The smallest absolute Gasteiger partial charge is 0.167 e. The third-order valence-electron chi connectivity index (χ3n) is 1.97. The molecule has 1 aromatic carbocycles. The van der Waals surface area contributed by atoms with Crippen molar-refractivity contribution in [3.63, 3.8) is 0 Å². The molecule has 0 heterocycles. The maximum atomic E-state index is 13.3. The number of nitrogens with two attached hydrogens (primary N) is 1. The van der Waals surface area contributed by atoms with Crippen LogP contribution in [0.4, 0.5) is 8.78 Å². The average Bonchev–Trinajstić information content (AvgIpc) is 2.16. The Bertz CT molecular complexity index is 369. The van der Waals surface area contributed by atoms with Crippen molar-refractivity contribution in [2.45, 2.75) is 12.5 Å². The van der Waals surface area contributed by atoms with E-state index in [0.717, 1.165) is 6.07 Å². The van der Waals surface area contributed by atoms with Gasteiger partial charge in [0.1, 0.15) is 5.75 Å². The van der Waals surface area contributed by atoms with Crippen molar-refractivity contribution < 1.29 is 13.9 Å². The van der Waals surface area contributed by atoms with E-state index in [0.29, 0.717) is 0 Å². The number of hydrogen-bond acceptors (Lipinski definition) is 2. The molecule has 0 aromatic heterocycles. The van der Waals surface area contributed by atoms with Gasteiger partial charge in [-0.25, -0.2) is 8.78 Å². The molecule has 0 bridgehead atoms. The lowest BCUT2D eigenvalue weighted by Gasteiger charge is -2.14. The molecule has 1 aromatic rings. The number of hydrogen-bond donors (Lipinski definition) is 2. The third-order valence-corrected chi connectivity index (χ3v) is 2.58. The van der Waals surface area contributed by atoms with Crippen LogP contribution in [0.5, 0.6) is 5.75 Å². The van der Waals surface area contributed by atoms with E-state index < -0.39 is 17.7 Å². The molecule has 0 aliphatic carbocycles. The quantitative estimate of drug-likeness (QED) is 0.659. The van der Waals surface area contributed by atoms with Crippen molar-refractivity contribution >= 4 is 15.9 Å². The monoisotopic (exact) mass is 277 g/mol. The first-order chi connectivity index (χ1) is 6.99. The fourth-order valence-corrected chi connectivity index (χ4v) is 1.65. The van der Waals surface area contributed by atoms with Crippen LogP contribution in [0.1, 0.15) is 18.0 Å². The van der Waals surface area contributed by atoms with E-state index >= 15 is 0 Å². The molecule has 0 aliphatic rings. The van der Waals surface area contributed by atoms with E-state index in [-0.39, 0.29) is 22.2 Å². The molecule has 1 rings (SSSR count). The van der Waals surface area contributed by atoms with Crippen LogP contribution in [0.3, 0.4) is 0 Å². The van der Waals surface area contributed by atoms with Gasteiger partial charge >= 0.3 is 0 Å². The highest BCUT2D eigenvalue weighted by Crippen LogP contribution is 2.35. The van der Waals surface area contributed by atoms with E-state index in [2.05, 4.69) is 22.5 Å². The zero-order chi connectivity index (χ0) is 11.6. The van der Waals surface area contributed by atoms with E-state index in [9.17, 15) is 13.9 Å². The number of halogens is 3. The van der Waals surface area contributed by atoms with Gasteiger partial charge in [-0.2, -0.15) is 0 Å². The minimum atomic E-state index is -1.12. The normalized spacial score (nSPS) is 12.5. The second-order valence-corrected chi connectivity index (χ2v) is 3.90. The topological polar surface area (TPSA) is 46.2 Å². The SMILES string of the molecule is C=CC[C@H](N)c1c(O)c(Br)cc(F)c1F. The molecule has 0 amide bonds. The predicted molar refractivity (Wildman–Crippen MR) is 57.5 cm³/mol. The molecule has 0 saturated carbocycles. The number of phenolic OH excluding ortho intramolecular Hbond substituents is 1. The highest BCUT2D eigenvalue weighted by molar-refractivity contribution is 9.10. The number of aromatic hydroxyl groups is 1. The molecule has 82 valence electrons. The van der Waals surface area contributed by atoms with E-state index in [1.807, 2.05) is 0 Å². The van der Waals surface area contributed by atoms with Crippen LogP contribution in [0.25, 0.3) is 0 Å². The standard InChI is InChI=1S/C10H10BrF2NO/c1-2-3-7(14)8-9(13)6(12)4-5(11)10(8)15/h2,4,7,15H,1,3,14H2/t7-/m0/s1. The van der Waals surface area contributed by atoms with Crippen LogP contribution in [-0.4, -0.2) is 5.11 Å². The summed E-state index contributed by atoms with van der Waals surface area (Å²) in [7, 11) is 0. The van der Waals surface area contributed by atoms with Crippen molar-refractivity contribution in [3.05, 3.63) is 40.4 Å². The summed E-state index contributed by atoms with van der Waals surface area (Å²) in [5.74, 6) is -2.54. The molecule has 2 nitrogen and oxygen atoms in total. The minimum absolute atomic E-state index is 0.0795. The Morgan fingerprint density at radius 1 is 1.60 bits per heavy atom. The molecular formula is C10H10BrF2NO. The number of phenols is 1. The molecule has 0 aliphatic heterocycles. The molecule has 3 N–H and O–H groups in total. The third kappa shape index (κ3) is 2.35. The van der Waals surface area contributed by atoms with E-state index in [1.165, 1.54) is 6.08 Å². The highest BCUT2D eigenvalue weighted by atomic mass is 79.9. The van der Waals surface area contributed by atoms with Gasteiger partial charge in [0, 0.05) is 6.04 Å². The second kappa shape index (κ2) is 4.72. The molecular weight excluding hydrogens is 268 g/mol. The molecule has 15 heavy (non-hydrogen) atoms. The summed E-state index contributed by atoms with van der Waals surface area (Å²) in [4.78, 5) is 0. The first kappa shape index (κ1) is 12.1. The van der Waals surface area contributed by atoms with Crippen LogP contribution < -0.4 is 5.73 Å². The number of benzene rings is 1. The predicted octanol–water partition coefficient (Wildman–Crippen LogP) is 3.01. The maximum absolute atomic E-state index is 13.3. The highest BCUT2D eigenvalue weighted by Gasteiger charge is 2.21. The molecule has 5 heteroatoms. The fraction of sp³-hybridized carbons (Fsp3) is 0.200. The first-order valence-corrected chi connectivity index (χ1v) is 5.01. The Hall–Kier alpha value is -0.940. The summed E-state index contributed by atoms with van der Waals surface area (Å²) in [5.41, 5.74) is 5.35. The van der Waals surface area contributed by atoms with Crippen molar-refractivity contribution in [3.8, 4) is 5.75 Å². The summed E-state index contributed by atoms with van der Waals surface area (Å²) in [6, 6.07) is 0.0453. The van der Waals surface area contributed by atoms with Gasteiger partial charge < -0.3 is 10.8 Å². The van der Waals surface area contributed by atoms with Gasteiger partial charge in [-0.3, -0.25) is 0 Å². The van der Waals surface area contributed by atoms with Crippen LogP contribution in [0.2, 0.25) is 0 Å². The average molecular weight is 278 g/mol. The Morgan fingerprint density at radius 2 is 2.20 bits per heavy atom. The fourth-order valence-electron chi connectivity index (χ4n) is 1.24. The van der Waals surface area contributed by atoms with Gasteiger partial charge in [0.05, 0.1) is 10.0 Å². The summed E-state index contributed by atoms with van der Waals surface area (Å²) >= 11 is 2.91. The lowest BCUT2D eigenvalue weighted by atomic mass is 10.0. The van der Waals surface area contributed by atoms with Gasteiger partial charge in [-0.05, 0) is 28.4 Å².